The fourth-order valence-corrected chi connectivity index (χ4v) is 5.11. The maximum Gasteiger partial charge on any atom is 0.143 e. The van der Waals surface area contributed by atoms with Gasteiger partial charge in [0.15, 0.2) is 0 Å². The lowest BCUT2D eigenvalue weighted by Gasteiger charge is -2.38. The van der Waals surface area contributed by atoms with Crippen LogP contribution in [0.5, 0.6) is 0 Å². The maximum absolute atomic E-state index is 12.9. The first kappa shape index (κ1) is 25.4. The highest BCUT2D eigenvalue weighted by Gasteiger charge is 2.40. The van der Waals surface area contributed by atoms with E-state index in [0.29, 0.717) is 5.78 Å². The quantitative estimate of drug-likeness (QED) is 0.404. The van der Waals surface area contributed by atoms with Crippen molar-refractivity contribution in [3.63, 3.8) is 0 Å². The van der Waals surface area contributed by atoms with Crippen LogP contribution in [0.15, 0.2) is 29.3 Å². The number of nitrogens with two attached hydrogens (primary N) is 1. The highest BCUT2D eigenvalue weighted by molar-refractivity contribution is 5.88. The van der Waals surface area contributed by atoms with Gasteiger partial charge >= 0.3 is 0 Å². The Bertz CT molecular complexity index is 729. The van der Waals surface area contributed by atoms with Crippen LogP contribution in [0, 0.1) is 10.8 Å². The summed E-state index contributed by atoms with van der Waals surface area (Å²) in [6.45, 7) is 23.4. The van der Waals surface area contributed by atoms with Gasteiger partial charge in [-0.1, -0.05) is 86.6 Å². The van der Waals surface area contributed by atoms with Gasteiger partial charge in [-0.25, -0.2) is 0 Å². The third-order valence-electron chi connectivity index (χ3n) is 5.93. The van der Waals surface area contributed by atoms with Gasteiger partial charge in [-0.15, -0.1) is 0 Å². The number of ketones is 1. The molecule has 1 aromatic rings. The molecule has 0 heterocycles. The normalized spacial score (nSPS) is 14.4. The van der Waals surface area contributed by atoms with Crippen molar-refractivity contribution in [2.24, 2.45) is 21.6 Å². The first-order valence-corrected chi connectivity index (χ1v) is 10.8. The van der Waals surface area contributed by atoms with E-state index in [1.165, 1.54) is 17.5 Å². The molecular formula is C26H44N2O. The van der Waals surface area contributed by atoms with Crippen molar-refractivity contribution >= 4 is 12.1 Å². The smallest absolute Gasteiger partial charge is 0.143 e. The molecule has 0 atom stereocenters. The first-order valence-electron chi connectivity index (χ1n) is 10.8. The second-order valence-corrected chi connectivity index (χ2v) is 12.3. The number of aliphatic imine (C=N–C) groups is 1. The first-order chi connectivity index (χ1) is 12.8. The molecule has 0 aliphatic carbocycles. The van der Waals surface area contributed by atoms with Gasteiger partial charge < -0.3 is 5.73 Å². The number of nitrogens with zero attached hydrogens (tertiary/aromatic N) is 1. The SMILES string of the molecule is CC(C)(CC(C)(C)c1ccc(C(C)(C)CC(C)(C)C(=O)C(C)(C)C)cc1)N=CN. The highest BCUT2D eigenvalue weighted by Crippen LogP contribution is 2.41. The molecule has 0 radical (unpaired) electrons. The zero-order valence-electron chi connectivity index (χ0n) is 20.7. The molecule has 29 heavy (non-hydrogen) atoms. The Morgan fingerprint density at radius 1 is 0.793 bits per heavy atom. The summed E-state index contributed by atoms with van der Waals surface area (Å²) in [5, 5.41) is 0. The molecule has 1 aromatic carbocycles. The van der Waals surface area contributed by atoms with E-state index < -0.39 is 0 Å². The number of benzene rings is 1. The predicted octanol–water partition coefficient (Wildman–Crippen LogP) is 6.43. The standard InChI is InChI=1S/C26H44N2O/c1-22(2,3)21(29)25(8,9)16-23(4,5)19-12-14-20(15-13-19)24(6,7)17-26(10,11)28-18-27/h12-15,18H,16-17H2,1-11H3,(H2,27,28). The summed E-state index contributed by atoms with van der Waals surface area (Å²) < 4.78 is 0. The Balaban J connectivity index is 3.09. The molecule has 164 valence electrons. The van der Waals surface area contributed by atoms with E-state index in [0.717, 1.165) is 12.8 Å². The topological polar surface area (TPSA) is 55.5 Å². The van der Waals surface area contributed by atoms with Crippen molar-refractivity contribution in [1.29, 1.82) is 0 Å². The lowest BCUT2D eigenvalue weighted by atomic mass is 9.65. The minimum Gasteiger partial charge on any atom is -0.390 e. The molecule has 0 amide bonds. The molecule has 0 aliphatic heterocycles. The number of hydrogen-bond donors (Lipinski definition) is 1. The van der Waals surface area contributed by atoms with Crippen LogP contribution in [0.4, 0.5) is 0 Å². The summed E-state index contributed by atoms with van der Waals surface area (Å²) in [6, 6.07) is 8.93. The van der Waals surface area contributed by atoms with Crippen molar-refractivity contribution < 1.29 is 4.79 Å². The molecule has 0 saturated carbocycles. The van der Waals surface area contributed by atoms with Gasteiger partial charge in [0.05, 0.1) is 11.9 Å². The third-order valence-corrected chi connectivity index (χ3v) is 5.93. The molecule has 2 N–H and O–H groups in total. The van der Waals surface area contributed by atoms with Crippen molar-refractivity contribution in [3.8, 4) is 0 Å². The zero-order valence-corrected chi connectivity index (χ0v) is 20.7. The number of carbonyl (C=O) groups excluding carboxylic acids is 1. The van der Waals surface area contributed by atoms with Gasteiger partial charge in [-0.2, -0.15) is 0 Å². The van der Waals surface area contributed by atoms with E-state index in [4.69, 9.17) is 5.73 Å². The largest absolute Gasteiger partial charge is 0.390 e. The molecule has 0 unspecified atom stereocenters. The summed E-state index contributed by atoms with van der Waals surface area (Å²) in [7, 11) is 0. The van der Waals surface area contributed by atoms with Crippen molar-refractivity contribution in [2.75, 3.05) is 0 Å². The lowest BCUT2D eigenvalue weighted by Crippen LogP contribution is -2.39. The minimum atomic E-state index is -0.371. The maximum atomic E-state index is 12.9. The molecule has 3 nitrogen and oxygen atoms in total. The summed E-state index contributed by atoms with van der Waals surface area (Å²) in [4.78, 5) is 17.4. The van der Waals surface area contributed by atoms with Crippen LogP contribution >= 0.6 is 0 Å². The Labute approximate surface area is 179 Å². The summed E-state index contributed by atoms with van der Waals surface area (Å²) >= 11 is 0. The molecule has 3 heteroatoms. The zero-order chi connectivity index (χ0) is 22.9. The van der Waals surface area contributed by atoms with E-state index in [2.05, 4.69) is 84.6 Å². The Morgan fingerprint density at radius 2 is 1.17 bits per heavy atom. The van der Waals surface area contributed by atoms with E-state index >= 15 is 0 Å². The van der Waals surface area contributed by atoms with Crippen LogP contribution in [0.1, 0.15) is 100 Å². The molecule has 0 saturated heterocycles. The van der Waals surface area contributed by atoms with Gasteiger partial charge in [0.2, 0.25) is 0 Å². The summed E-state index contributed by atoms with van der Waals surface area (Å²) in [5.74, 6) is 0.318. The van der Waals surface area contributed by atoms with Gasteiger partial charge in [-0.3, -0.25) is 9.79 Å². The average molecular weight is 401 g/mol. The molecular weight excluding hydrogens is 356 g/mol. The van der Waals surface area contributed by atoms with Crippen LogP contribution in [0.25, 0.3) is 0 Å². The fourth-order valence-electron chi connectivity index (χ4n) is 5.11. The Morgan fingerprint density at radius 3 is 1.52 bits per heavy atom. The van der Waals surface area contributed by atoms with Crippen molar-refractivity contribution in [2.45, 2.75) is 105 Å². The van der Waals surface area contributed by atoms with Crippen molar-refractivity contribution in [1.82, 2.24) is 0 Å². The molecule has 0 aliphatic rings. The molecule has 0 spiro atoms. The molecule has 0 fully saturated rings. The highest BCUT2D eigenvalue weighted by atomic mass is 16.1. The Kier molecular flexibility index (Phi) is 7.22. The third kappa shape index (κ3) is 6.69. The summed E-state index contributed by atoms with van der Waals surface area (Å²) in [6.07, 6.45) is 3.13. The van der Waals surface area contributed by atoms with Crippen LogP contribution < -0.4 is 5.73 Å². The molecule has 0 aromatic heterocycles. The number of Topliss-reactive ketones (excluding diaryl/α,β-unsaturated/α-hetero) is 1. The molecule has 0 bridgehead atoms. The van der Waals surface area contributed by atoms with E-state index in [-0.39, 0.29) is 27.2 Å². The van der Waals surface area contributed by atoms with Crippen LogP contribution in [-0.2, 0) is 15.6 Å². The van der Waals surface area contributed by atoms with Gasteiger partial charge in [0.25, 0.3) is 0 Å². The van der Waals surface area contributed by atoms with Gasteiger partial charge in [-0.05, 0) is 48.6 Å². The van der Waals surface area contributed by atoms with E-state index in [1.807, 2.05) is 20.8 Å². The minimum absolute atomic E-state index is 0.0137. The number of rotatable bonds is 8. The van der Waals surface area contributed by atoms with E-state index in [1.54, 1.807) is 0 Å². The van der Waals surface area contributed by atoms with Crippen LogP contribution in [-0.4, -0.2) is 17.7 Å². The van der Waals surface area contributed by atoms with Crippen molar-refractivity contribution in [3.05, 3.63) is 35.4 Å². The second kappa shape index (κ2) is 8.24. The van der Waals surface area contributed by atoms with E-state index in [9.17, 15) is 4.79 Å². The fraction of sp³-hybridized carbons (Fsp3) is 0.692. The van der Waals surface area contributed by atoms with Crippen LogP contribution in [0.2, 0.25) is 0 Å². The van der Waals surface area contributed by atoms with Gasteiger partial charge in [0, 0.05) is 10.8 Å². The number of carbonyl (C=O) groups is 1. The summed E-state index contributed by atoms with van der Waals surface area (Å²) in [5.41, 5.74) is 7.09. The van der Waals surface area contributed by atoms with Gasteiger partial charge in [0.1, 0.15) is 5.78 Å². The monoisotopic (exact) mass is 400 g/mol. The second-order valence-electron chi connectivity index (χ2n) is 12.3. The lowest BCUT2D eigenvalue weighted by molar-refractivity contribution is -0.136. The predicted molar refractivity (Wildman–Crippen MR) is 127 cm³/mol. The Hall–Kier alpha value is -1.64. The number of hydrogen-bond acceptors (Lipinski definition) is 2. The van der Waals surface area contributed by atoms with Crippen LogP contribution in [0.3, 0.4) is 0 Å². The molecule has 1 rings (SSSR count). The average Bonchev–Trinajstić information content (AvgIpc) is 2.51.